The molecule has 2 rings (SSSR count). The van der Waals surface area contributed by atoms with E-state index in [2.05, 4.69) is 10.3 Å². The van der Waals surface area contributed by atoms with Gasteiger partial charge >= 0.3 is 0 Å². The summed E-state index contributed by atoms with van der Waals surface area (Å²) in [6.07, 6.45) is 0.745. The van der Waals surface area contributed by atoms with Crippen molar-refractivity contribution >= 4 is 34.3 Å². The Kier molecular flexibility index (Phi) is 4.53. The predicted molar refractivity (Wildman–Crippen MR) is 77.5 cm³/mol. The number of fused-ring (bicyclic) bond motifs is 1. The van der Waals surface area contributed by atoms with E-state index in [1.54, 1.807) is 6.07 Å². The number of aromatic nitrogens is 1. The minimum Gasteiger partial charge on any atom is -0.370 e. The summed E-state index contributed by atoms with van der Waals surface area (Å²) >= 11 is 6.13. The number of pyridine rings is 1. The van der Waals surface area contributed by atoms with Crippen LogP contribution in [0.15, 0.2) is 30.3 Å². The molecule has 0 aliphatic rings. The molecule has 2 aromatic rings. The van der Waals surface area contributed by atoms with E-state index in [0.717, 1.165) is 5.39 Å². The Morgan fingerprint density at radius 1 is 1.30 bits per heavy atom. The predicted octanol–water partition coefficient (Wildman–Crippen LogP) is 1.88. The van der Waals surface area contributed by atoms with E-state index >= 15 is 0 Å². The van der Waals surface area contributed by atoms with Crippen molar-refractivity contribution in [2.45, 2.75) is 12.8 Å². The minimum absolute atomic E-state index is 0.242. The van der Waals surface area contributed by atoms with E-state index in [4.69, 9.17) is 17.3 Å². The first-order valence-corrected chi connectivity index (χ1v) is 6.57. The number of nitrogens with zero attached hydrogens (tertiary/aromatic N) is 1. The Morgan fingerprint density at radius 3 is 2.80 bits per heavy atom. The van der Waals surface area contributed by atoms with Gasteiger partial charge in [-0.25, -0.2) is 4.98 Å². The number of carbonyl (C=O) groups excluding carboxylic acids is 2. The van der Waals surface area contributed by atoms with Crippen LogP contribution in [0.25, 0.3) is 10.9 Å². The average Bonchev–Trinajstić information content (AvgIpc) is 2.43. The summed E-state index contributed by atoms with van der Waals surface area (Å²) in [4.78, 5) is 26.8. The molecule has 2 amide bonds. The standard InChI is InChI=1S/C14H14ClN3O2/c15-10-8-12(14(20)17-7-3-6-13(16)19)18-11-5-2-1-4-9(10)11/h1-2,4-5,8H,3,6-7H2,(H2,16,19)(H,17,20). The highest BCUT2D eigenvalue weighted by Gasteiger charge is 2.10. The van der Waals surface area contributed by atoms with Crippen molar-refractivity contribution in [3.63, 3.8) is 0 Å². The largest absolute Gasteiger partial charge is 0.370 e. The molecule has 1 aromatic carbocycles. The van der Waals surface area contributed by atoms with Crippen LogP contribution >= 0.6 is 11.6 Å². The van der Waals surface area contributed by atoms with Gasteiger partial charge in [0.15, 0.2) is 0 Å². The Balaban J connectivity index is 2.08. The summed E-state index contributed by atoms with van der Waals surface area (Å²) in [5, 5.41) is 3.97. The lowest BCUT2D eigenvalue weighted by atomic mass is 10.2. The quantitative estimate of drug-likeness (QED) is 0.825. The molecule has 0 saturated heterocycles. The molecule has 0 aliphatic heterocycles. The van der Waals surface area contributed by atoms with Crippen LogP contribution in [0.2, 0.25) is 5.02 Å². The lowest BCUT2D eigenvalue weighted by molar-refractivity contribution is -0.118. The molecule has 1 heterocycles. The van der Waals surface area contributed by atoms with Crippen molar-refractivity contribution in [2.24, 2.45) is 5.73 Å². The molecule has 5 nitrogen and oxygen atoms in total. The van der Waals surface area contributed by atoms with E-state index in [1.165, 1.54) is 6.07 Å². The highest BCUT2D eigenvalue weighted by molar-refractivity contribution is 6.35. The van der Waals surface area contributed by atoms with Gasteiger partial charge in [0.25, 0.3) is 5.91 Å². The van der Waals surface area contributed by atoms with Gasteiger partial charge in [-0.2, -0.15) is 0 Å². The Hall–Kier alpha value is -2.14. The summed E-state index contributed by atoms with van der Waals surface area (Å²) in [6, 6.07) is 8.87. The van der Waals surface area contributed by atoms with Crippen molar-refractivity contribution in [1.29, 1.82) is 0 Å². The summed E-state index contributed by atoms with van der Waals surface area (Å²) in [5.74, 6) is -0.701. The molecule has 0 saturated carbocycles. The number of benzene rings is 1. The van der Waals surface area contributed by atoms with Crippen LogP contribution in [0.1, 0.15) is 23.3 Å². The summed E-state index contributed by atoms with van der Waals surface area (Å²) in [5.41, 5.74) is 5.95. The molecule has 0 atom stereocenters. The SMILES string of the molecule is NC(=O)CCCNC(=O)c1cc(Cl)c2ccccc2n1. The molecule has 0 aliphatic carbocycles. The molecular weight excluding hydrogens is 278 g/mol. The van der Waals surface area contributed by atoms with Gasteiger partial charge in [0.05, 0.1) is 10.5 Å². The van der Waals surface area contributed by atoms with Crippen LogP contribution in [-0.4, -0.2) is 23.3 Å². The van der Waals surface area contributed by atoms with Gasteiger partial charge < -0.3 is 11.1 Å². The van der Waals surface area contributed by atoms with Crippen LogP contribution in [0.5, 0.6) is 0 Å². The number of primary amides is 1. The van der Waals surface area contributed by atoms with Gasteiger partial charge in [0.2, 0.25) is 5.91 Å². The second kappa shape index (κ2) is 6.34. The zero-order chi connectivity index (χ0) is 14.5. The van der Waals surface area contributed by atoms with Crippen LogP contribution in [0, 0.1) is 0 Å². The Labute approximate surface area is 121 Å². The second-order valence-corrected chi connectivity index (χ2v) is 4.74. The maximum absolute atomic E-state index is 11.9. The van der Waals surface area contributed by atoms with Gasteiger partial charge in [-0.1, -0.05) is 29.8 Å². The number of nitrogens with one attached hydrogen (secondary N) is 1. The van der Waals surface area contributed by atoms with Gasteiger partial charge in [-0.15, -0.1) is 0 Å². The maximum atomic E-state index is 11.9. The summed E-state index contributed by atoms with van der Waals surface area (Å²) < 4.78 is 0. The Morgan fingerprint density at radius 2 is 2.05 bits per heavy atom. The minimum atomic E-state index is -0.383. The van der Waals surface area contributed by atoms with E-state index in [1.807, 2.05) is 18.2 Å². The third-order valence-electron chi connectivity index (χ3n) is 2.78. The van der Waals surface area contributed by atoms with Crippen LogP contribution in [0.4, 0.5) is 0 Å². The van der Waals surface area contributed by atoms with E-state index < -0.39 is 0 Å². The number of nitrogens with two attached hydrogens (primary N) is 1. The Bertz CT molecular complexity index is 658. The molecule has 6 heteroatoms. The third kappa shape index (κ3) is 3.45. The molecule has 0 fully saturated rings. The first kappa shape index (κ1) is 14.3. The first-order valence-electron chi connectivity index (χ1n) is 6.19. The van der Waals surface area contributed by atoms with E-state index in [0.29, 0.717) is 23.5 Å². The fraction of sp³-hybridized carbons (Fsp3) is 0.214. The summed E-state index contributed by atoms with van der Waals surface area (Å²) in [6.45, 7) is 0.369. The van der Waals surface area contributed by atoms with Gasteiger partial charge in [-0.3, -0.25) is 9.59 Å². The number of hydrogen-bond donors (Lipinski definition) is 2. The third-order valence-corrected chi connectivity index (χ3v) is 3.10. The van der Waals surface area contributed by atoms with Crippen molar-refractivity contribution < 1.29 is 9.59 Å². The fourth-order valence-corrected chi connectivity index (χ4v) is 2.07. The molecule has 0 radical (unpaired) electrons. The molecule has 0 unspecified atom stereocenters. The average molecular weight is 292 g/mol. The highest BCUT2D eigenvalue weighted by Crippen LogP contribution is 2.22. The molecule has 20 heavy (non-hydrogen) atoms. The zero-order valence-electron chi connectivity index (χ0n) is 10.7. The highest BCUT2D eigenvalue weighted by atomic mass is 35.5. The smallest absolute Gasteiger partial charge is 0.269 e. The molecule has 104 valence electrons. The van der Waals surface area contributed by atoms with Crippen LogP contribution in [0.3, 0.4) is 0 Å². The monoisotopic (exact) mass is 291 g/mol. The number of amides is 2. The van der Waals surface area contributed by atoms with Crippen molar-refractivity contribution in [3.05, 3.63) is 41.0 Å². The number of rotatable bonds is 5. The second-order valence-electron chi connectivity index (χ2n) is 4.33. The van der Waals surface area contributed by atoms with Crippen LogP contribution in [-0.2, 0) is 4.79 Å². The fourth-order valence-electron chi connectivity index (χ4n) is 1.80. The van der Waals surface area contributed by atoms with Gasteiger partial charge in [0.1, 0.15) is 5.69 Å². The number of hydrogen-bond acceptors (Lipinski definition) is 3. The summed E-state index contributed by atoms with van der Waals surface area (Å²) in [7, 11) is 0. The number of carbonyl (C=O) groups is 2. The topological polar surface area (TPSA) is 85.1 Å². The van der Waals surface area contributed by atoms with Gasteiger partial charge in [-0.05, 0) is 18.6 Å². The van der Waals surface area contributed by atoms with Gasteiger partial charge in [0, 0.05) is 18.4 Å². The van der Waals surface area contributed by atoms with Crippen molar-refractivity contribution in [2.75, 3.05) is 6.54 Å². The molecule has 0 bridgehead atoms. The van der Waals surface area contributed by atoms with Crippen molar-refractivity contribution in [3.8, 4) is 0 Å². The first-order chi connectivity index (χ1) is 9.58. The number of para-hydroxylation sites is 1. The molecule has 1 aromatic heterocycles. The normalized spacial score (nSPS) is 10.4. The van der Waals surface area contributed by atoms with E-state index in [-0.39, 0.29) is 23.9 Å². The lowest BCUT2D eigenvalue weighted by Gasteiger charge is -2.06. The van der Waals surface area contributed by atoms with Crippen LogP contribution < -0.4 is 11.1 Å². The van der Waals surface area contributed by atoms with E-state index in [9.17, 15) is 9.59 Å². The zero-order valence-corrected chi connectivity index (χ0v) is 11.5. The maximum Gasteiger partial charge on any atom is 0.269 e. The molecular formula is C14H14ClN3O2. The number of halogens is 1. The van der Waals surface area contributed by atoms with Crippen molar-refractivity contribution in [1.82, 2.24) is 10.3 Å². The molecule has 3 N–H and O–H groups in total. The molecule has 0 spiro atoms. The lowest BCUT2D eigenvalue weighted by Crippen LogP contribution is -2.26.